The molecule has 10 heteroatoms. The maximum Gasteiger partial charge on any atom is 0.490 e. The Morgan fingerprint density at radius 1 is 1.08 bits per heavy atom. The van der Waals surface area contributed by atoms with Gasteiger partial charge in [-0.3, -0.25) is 5.32 Å². The third-order valence-electron chi connectivity index (χ3n) is 2.89. The number of rotatable bonds is 2. The number of aliphatic carboxylic acids is 1. The van der Waals surface area contributed by atoms with Crippen molar-refractivity contribution in [2.75, 3.05) is 5.32 Å². The van der Waals surface area contributed by atoms with Gasteiger partial charge in [0.25, 0.3) is 0 Å². The predicted molar refractivity (Wildman–Crippen MR) is 86.9 cm³/mol. The highest BCUT2D eigenvalue weighted by Crippen LogP contribution is 2.31. The fourth-order valence-corrected chi connectivity index (χ4v) is 1.97. The molecule has 0 unspecified atom stereocenters. The van der Waals surface area contributed by atoms with Crippen molar-refractivity contribution in [3.63, 3.8) is 0 Å². The Labute approximate surface area is 149 Å². The fraction of sp³-hybridized carbons (Fsp3) is 0.125. The quantitative estimate of drug-likeness (QED) is 0.614. The molecule has 2 aromatic carbocycles. The number of hydrogen-bond donors (Lipinski definition) is 3. The summed E-state index contributed by atoms with van der Waals surface area (Å²) in [5, 5.41) is 18.2. The molecular formula is C16H12ClF4NO4. The number of aryl methyl sites for hydroxylation is 1. The van der Waals surface area contributed by atoms with Crippen LogP contribution in [-0.2, 0) is 4.79 Å². The number of halogens is 5. The van der Waals surface area contributed by atoms with Gasteiger partial charge < -0.3 is 10.2 Å². The number of amides is 1. The van der Waals surface area contributed by atoms with Crippen LogP contribution in [0.5, 0.6) is 0 Å². The maximum absolute atomic E-state index is 13.2. The molecule has 3 N–H and O–H groups in total. The Morgan fingerprint density at radius 2 is 1.65 bits per heavy atom. The van der Waals surface area contributed by atoms with Crippen LogP contribution in [-0.4, -0.2) is 28.5 Å². The van der Waals surface area contributed by atoms with Crippen LogP contribution in [0.3, 0.4) is 0 Å². The number of nitrogens with one attached hydrogen (secondary N) is 1. The Hall–Kier alpha value is -2.81. The molecule has 5 nitrogen and oxygen atoms in total. The lowest BCUT2D eigenvalue weighted by atomic mass is 10.0. The van der Waals surface area contributed by atoms with Gasteiger partial charge in [0, 0.05) is 5.56 Å². The molecule has 0 bridgehead atoms. The average molecular weight is 394 g/mol. The van der Waals surface area contributed by atoms with Gasteiger partial charge in [-0.05, 0) is 36.8 Å². The third-order valence-corrected chi connectivity index (χ3v) is 3.18. The summed E-state index contributed by atoms with van der Waals surface area (Å²) in [5.41, 5.74) is 2.70. The lowest BCUT2D eigenvalue weighted by Gasteiger charge is -2.11. The Bertz CT molecular complexity index is 824. The molecule has 0 atom stereocenters. The van der Waals surface area contributed by atoms with Crippen molar-refractivity contribution in [1.29, 1.82) is 0 Å². The normalized spacial score (nSPS) is 10.5. The zero-order valence-electron chi connectivity index (χ0n) is 13.1. The fourth-order valence-electron chi connectivity index (χ4n) is 1.78. The van der Waals surface area contributed by atoms with E-state index in [1.165, 1.54) is 12.1 Å². The minimum atomic E-state index is -5.08. The van der Waals surface area contributed by atoms with Gasteiger partial charge in [-0.25, -0.2) is 14.0 Å². The van der Waals surface area contributed by atoms with Crippen LogP contribution in [0.2, 0.25) is 5.02 Å². The summed E-state index contributed by atoms with van der Waals surface area (Å²) in [4.78, 5) is 19.7. The lowest BCUT2D eigenvalue weighted by Crippen LogP contribution is -2.21. The molecule has 0 saturated carbocycles. The number of carboxylic acid groups (broad SMARTS) is 2. The average Bonchev–Trinajstić information content (AvgIpc) is 2.51. The highest BCUT2D eigenvalue weighted by atomic mass is 35.5. The highest BCUT2D eigenvalue weighted by molar-refractivity contribution is 6.31. The summed E-state index contributed by atoms with van der Waals surface area (Å²) in [6.07, 6.45) is -6.24. The van der Waals surface area contributed by atoms with Gasteiger partial charge in [0.1, 0.15) is 5.82 Å². The summed E-state index contributed by atoms with van der Waals surface area (Å²) in [7, 11) is 0. The Kier molecular flexibility index (Phi) is 6.96. The van der Waals surface area contributed by atoms with Gasteiger partial charge in [-0.1, -0.05) is 29.3 Å². The minimum Gasteiger partial charge on any atom is -0.475 e. The first-order chi connectivity index (χ1) is 11.9. The molecule has 0 heterocycles. The smallest absolute Gasteiger partial charge is 0.475 e. The van der Waals surface area contributed by atoms with Crippen LogP contribution in [0.4, 0.5) is 28.0 Å². The number of hydrogen-bond acceptors (Lipinski definition) is 2. The Balaban J connectivity index is 0.000000412. The van der Waals surface area contributed by atoms with Gasteiger partial charge in [0.2, 0.25) is 0 Å². The number of benzene rings is 2. The van der Waals surface area contributed by atoms with Crippen molar-refractivity contribution >= 4 is 29.4 Å². The van der Waals surface area contributed by atoms with Gasteiger partial charge in [0.05, 0.1) is 10.7 Å². The van der Waals surface area contributed by atoms with Crippen molar-refractivity contribution in [2.24, 2.45) is 0 Å². The molecule has 2 aromatic rings. The summed E-state index contributed by atoms with van der Waals surface area (Å²) in [6.45, 7) is 1.89. The largest absolute Gasteiger partial charge is 0.490 e. The van der Waals surface area contributed by atoms with E-state index in [1.807, 2.05) is 13.0 Å². The third kappa shape index (κ3) is 6.25. The van der Waals surface area contributed by atoms with Crippen molar-refractivity contribution < 1.29 is 37.4 Å². The van der Waals surface area contributed by atoms with E-state index in [9.17, 15) is 22.4 Å². The van der Waals surface area contributed by atoms with Gasteiger partial charge in [0.15, 0.2) is 0 Å². The molecule has 0 aliphatic carbocycles. The first-order valence-electron chi connectivity index (χ1n) is 6.78. The first kappa shape index (κ1) is 21.2. The van der Waals surface area contributed by atoms with E-state index in [1.54, 1.807) is 18.2 Å². The molecule has 140 valence electrons. The second-order valence-electron chi connectivity index (χ2n) is 4.91. The SMILES string of the molecule is Cc1ccc(NC(=O)O)c(-c2ccc(F)c(Cl)c2)c1.O=C(O)C(F)(F)F. The second kappa shape index (κ2) is 8.52. The van der Waals surface area contributed by atoms with Crippen molar-refractivity contribution in [3.05, 3.63) is 52.8 Å². The zero-order valence-corrected chi connectivity index (χ0v) is 13.8. The molecule has 0 aromatic heterocycles. The molecule has 0 spiro atoms. The summed E-state index contributed by atoms with van der Waals surface area (Å²) < 4.78 is 44.9. The highest BCUT2D eigenvalue weighted by Gasteiger charge is 2.38. The monoisotopic (exact) mass is 393 g/mol. The van der Waals surface area contributed by atoms with Crippen molar-refractivity contribution in [2.45, 2.75) is 13.1 Å². The van der Waals surface area contributed by atoms with Crippen LogP contribution in [0.15, 0.2) is 36.4 Å². The topological polar surface area (TPSA) is 86.6 Å². The van der Waals surface area contributed by atoms with Crippen LogP contribution in [0.1, 0.15) is 5.56 Å². The summed E-state index contributed by atoms with van der Waals surface area (Å²) in [6, 6.07) is 9.55. The lowest BCUT2D eigenvalue weighted by molar-refractivity contribution is -0.192. The van der Waals surface area contributed by atoms with Crippen molar-refractivity contribution in [3.8, 4) is 11.1 Å². The molecule has 0 saturated heterocycles. The maximum atomic E-state index is 13.2. The van der Waals surface area contributed by atoms with Crippen molar-refractivity contribution in [1.82, 2.24) is 0 Å². The molecule has 26 heavy (non-hydrogen) atoms. The van der Waals surface area contributed by atoms with E-state index in [2.05, 4.69) is 5.32 Å². The number of alkyl halides is 3. The Morgan fingerprint density at radius 3 is 2.12 bits per heavy atom. The number of carboxylic acids is 1. The zero-order chi connectivity index (χ0) is 20.1. The first-order valence-corrected chi connectivity index (χ1v) is 7.15. The minimum absolute atomic E-state index is 0.000260. The van der Waals surface area contributed by atoms with Crippen LogP contribution >= 0.6 is 11.6 Å². The van der Waals surface area contributed by atoms with E-state index in [0.717, 1.165) is 5.56 Å². The van der Waals surface area contributed by atoms with E-state index in [0.29, 0.717) is 16.8 Å². The standard InChI is InChI=1S/C14H11ClFNO2.C2HF3O2/c1-8-2-5-13(17-14(18)19)10(6-8)9-3-4-12(16)11(15)7-9;3-2(4,5)1(6)7/h2-7,17H,1H3,(H,18,19);(H,6,7). The molecule has 0 radical (unpaired) electrons. The van der Waals surface area contributed by atoms with E-state index >= 15 is 0 Å². The molecule has 1 amide bonds. The van der Waals surface area contributed by atoms with E-state index < -0.39 is 24.1 Å². The molecule has 0 fully saturated rings. The van der Waals surface area contributed by atoms with Gasteiger partial charge >= 0.3 is 18.2 Å². The molecule has 0 aliphatic heterocycles. The van der Waals surface area contributed by atoms with Gasteiger partial charge in [-0.2, -0.15) is 13.2 Å². The molecule has 2 rings (SSSR count). The molecule has 0 aliphatic rings. The van der Waals surface area contributed by atoms with Crippen LogP contribution < -0.4 is 5.32 Å². The van der Waals surface area contributed by atoms with Crippen LogP contribution in [0, 0.1) is 12.7 Å². The van der Waals surface area contributed by atoms with Gasteiger partial charge in [-0.15, -0.1) is 0 Å². The van der Waals surface area contributed by atoms with E-state index in [4.69, 9.17) is 26.6 Å². The molecular weight excluding hydrogens is 382 g/mol. The second-order valence-corrected chi connectivity index (χ2v) is 5.32. The number of carbonyl (C=O) groups is 2. The summed E-state index contributed by atoms with van der Waals surface area (Å²) in [5.74, 6) is -3.27. The van der Waals surface area contributed by atoms with Crippen LogP contribution in [0.25, 0.3) is 11.1 Å². The van der Waals surface area contributed by atoms with E-state index in [-0.39, 0.29) is 5.02 Å². The predicted octanol–water partition coefficient (Wildman–Crippen LogP) is 5.18. The summed E-state index contributed by atoms with van der Waals surface area (Å²) >= 11 is 5.75. The number of anilines is 1.